The molecule has 1 aliphatic heterocycles. The van der Waals surface area contributed by atoms with Crippen LogP contribution in [0, 0.1) is 18.8 Å². The van der Waals surface area contributed by atoms with Gasteiger partial charge in [-0.1, -0.05) is 56.2 Å². The van der Waals surface area contributed by atoms with E-state index in [1.165, 1.54) is 25.4 Å². The molecule has 33 heavy (non-hydrogen) atoms. The number of pyridine rings is 1. The lowest BCUT2D eigenvalue weighted by Gasteiger charge is -2.20. The molecule has 0 spiro atoms. The molecule has 1 aromatic rings. The first kappa shape index (κ1) is 26.9. The van der Waals surface area contributed by atoms with Crippen molar-refractivity contribution in [2.45, 2.75) is 79.1 Å². The fourth-order valence-corrected chi connectivity index (χ4v) is 4.38. The second-order valence-electron chi connectivity index (χ2n) is 9.72. The van der Waals surface area contributed by atoms with Crippen molar-refractivity contribution in [2.24, 2.45) is 11.8 Å². The molecule has 1 aliphatic rings. The predicted octanol–water partition coefficient (Wildman–Crippen LogP) is 4.89. The Morgan fingerprint density at radius 1 is 1.21 bits per heavy atom. The Hall–Kier alpha value is -2.31. The summed E-state index contributed by atoms with van der Waals surface area (Å²) in [4.78, 5) is 15.6. The van der Waals surface area contributed by atoms with Gasteiger partial charge in [-0.15, -0.1) is 0 Å². The second kappa shape index (κ2) is 11.2. The quantitative estimate of drug-likeness (QED) is 0.280. The molecule has 1 aromatic heterocycles. The molecule has 0 aromatic carbocycles. The van der Waals surface area contributed by atoms with Gasteiger partial charge in [0, 0.05) is 23.6 Å². The van der Waals surface area contributed by atoms with Crippen molar-refractivity contribution in [3.8, 4) is 11.6 Å². The number of nitrogens with one attached hydrogen (secondary N) is 1. The third kappa shape index (κ3) is 6.39. The molecule has 2 rings (SSSR count). The average Bonchev–Trinajstić information content (AvgIpc) is 3.47. The van der Waals surface area contributed by atoms with Crippen LogP contribution in [0.25, 0.3) is 0 Å². The molecular weight excluding hydrogens is 418 g/mol. The van der Waals surface area contributed by atoms with Gasteiger partial charge in [-0.05, 0) is 40.0 Å². The third-order valence-corrected chi connectivity index (χ3v) is 6.47. The van der Waals surface area contributed by atoms with E-state index >= 15 is 0 Å². The Bertz CT molecular complexity index is 971. The fourth-order valence-electron chi connectivity index (χ4n) is 4.38. The summed E-state index contributed by atoms with van der Waals surface area (Å²) in [5.41, 5.74) is 3.27. The standard InChI is InChI=1S/C27H41NO5/c1-16(2)25-27(7,33-25)24(30)19(5)12-10-11-17(3)15-18(4)13-14-21-20(6)22(29)23(31-8)26(28-21)32-9/h10-13,16,19,24-25,30H,14-15H2,1-9H3,(H,28,29)/b12-10+,17-11+,18-13+. The maximum absolute atomic E-state index is 12.5. The predicted molar refractivity (Wildman–Crippen MR) is 133 cm³/mol. The third-order valence-electron chi connectivity index (χ3n) is 6.47. The van der Waals surface area contributed by atoms with E-state index in [-0.39, 0.29) is 23.2 Å². The minimum Gasteiger partial charge on any atom is -0.488 e. The number of rotatable bonds is 11. The summed E-state index contributed by atoms with van der Waals surface area (Å²) in [6.45, 7) is 14.2. The number of aliphatic hydroxyl groups excluding tert-OH is 1. The highest BCUT2D eigenvalue weighted by Gasteiger charge is 2.59. The highest BCUT2D eigenvalue weighted by molar-refractivity contribution is 5.40. The highest BCUT2D eigenvalue weighted by Crippen LogP contribution is 2.45. The van der Waals surface area contributed by atoms with E-state index in [9.17, 15) is 9.90 Å². The molecule has 4 unspecified atom stereocenters. The molecule has 2 N–H and O–H groups in total. The van der Waals surface area contributed by atoms with Gasteiger partial charge in [-0.3, -0.25) is 4.79 Å². The lowest BCUT2D eigenvalue weighted by molar-refractivity contribution is 0.0565. The Labute approximate surface area is 198 Å². The Kier molecular flexibility index (Phi) is 9.15. The fraction of sp³-hybridized carbons (Fsp3) is 0.593. The molecule has 1 saturated heterocycles. The van der Waals surface area contributed by atoms with Crippen molar-refractivity contribution >= 4 is 0 Å². The van der Waals surface area contributed by atoms with E-state index < -0.39 is 11.7 Å². The maximum atomic E-state index is 12.5. The molecule has 0 radical (unpaired) electrons. The molecular formula is C27H41NO5. The van der Waals surface area contributed by atoms with E-state index in [1.54, 1.807) is 6.92 Å². The van der Waals surface area contributed by atoms with E-state index in [2.05, 4.69) is 44.8 Å². The van der Waals surface area contributed by atoms with E-state index in [0.717, 1.165) is 12.1 Å². The normalized spacial score (nSPS) is 23.2. The van der Waals surface area contributed by atoms with E-state index in [1.807, 2.05) is 26.0 Å². The van der Waals surface area contributed by atoms with Crippen LogP contribution in [0.5, 0.6) is 11.6 Å². The van der Waals surface area contributed by atoms with Crippen LogP contribution in [0.15, 0.2) is 40.2 Å². The van der Waals surface area contributed by atoms with Gasteiger partial charge in [-0.25, -0.2) is 0 Å². The second-order valence-corrected chi connectivity index (χ2v) is 9.72. The number of aliphatic hydroxyl groups is 1. The zero-order chi connectivity index (χ0) is 24.9. The number of epoxide rings is 1. The lowest BCUT2D eigenvalue weighted by Crippen LogP contribution is -2.35. The number of hydrogen-bond acceptors (Lipinski definition) is 5. The van der Waals surface area contributed by atoms with Crippen molar-refractivity contribution < 1.29 is 19.3 Å². The SMILES string of the molecule is COc1[nH]c(C/C=C(\C)C/C(C)=C/C=C/C(C)C(O)C2(C)OC2C(C)C)c(C)c(=O)c1OC. The summed E-state index contributed by atoms with van der Waals surface area (Å²) >= 11 is 0. The largest absolute Gasteiger partial charge is 0.488 e. The van der Waals surface area contributed by atoms with Crippen molar-refractivity contribution in [1.82, 2.24) is 4.98 Å². The molecule has 2 heterocycles. The molecule has 1 fully saturated rings. The summed E-state index contributed by atoms with van der Waals surface area (Å²) in [6.07, 6.45) is 9.29. The van der Waals surface area contributed by atoms with Gasteiger partial charge in [-0.2, -0.15) is 0 Å². The highest BCUT2D eigenvalue weighted by atomic mass is 16.6. The molecule has 6 nitrogen and oxygen atoms in total. The van der Waals surface area contributed by atoms with Crippen molar-refractivity contribution in [2.75, 3.05) is 14.2 Å². The number of allylic oxidation sites excluding steroid dienone is 5. The number of hydrogen-bond donors (Lipinski definition) is 2. The molecule has 0 amide bonds. The first-order valence-electron chi connectivity index (χ1n) is 11.6. The summed E-state index contributed by atoms with van der Waals surface area (Å²) in [6, 6.07) is 0. The number of ether oxygens (including phenoxy) is 3. The van der Waals surface area contributed by atoms with Crippen LogP contribution in [0.1, 0.15) is 59.2 Å². The van der Waals surface area contributed by atoms with Crippen LogP contribution in [-0.4, -0.2) is 42.1 Å². The van der Waals surface area contributed by atoms with Crippen LogP contribution >= 0.6 is 0 Å². The topological polar surface area (TPSA) is 84.1 Å². The molecule has 184 valence electrons. The monoisotopic (exact) mass is 459 g/mol. The molecule has 4 atom stereocenters. The van der Waals surface area contributed by atoms with Gasteiger partial charge in [0.2, 0.25) is 17.1 Å². The van der Waals surface area contributed by atoms with Crippen LogP contribution in [0.4, 0.5) is 0 Å². The Morgan fingerprint density at radius 3 is 2.42 bits per heavy atom. The average molecular weight is 460 g/mol. The molecule has 6 heteroatoms. The number of methoxy groups -OCH3 is 2. The molecule has 0 saturated carbocycles. The van der Waals surface area contributed by atoms with E-state index in [0.29, 0.717) is 23.8 Å². The van der Waals surface area contributed by atoms with Crippen LogP contribution < -0.4 is 14.9 Å². The number of aromatic nitrogens is 1. The maximum Gasteiger partial charge on any atom is 0.238 e. The smallest absolute Gasteiger partial charge is 0.238 e. The van der Waals surface area contributed by atoms with Gasteiger partial charge in [0.15, 0.2) is 0 Å². The minimum absolute atomic E-state index is 0.00397. The van der Waals surface area contributed by atoms with Gasteiger partial charge >= 0.3 is 0 Å². The molecule has 0 aliphatic carbocycles. The summed E-state index contributed by atoms with van der Waals surface area (Å²) in [5, 5.41) is 10.7. The van der Waals surface area contributed by atoms with Crippen molar-refractivity contribution in [3.63, 3.8) is 0 Å². The van der Waals surface area contributed by atoms with Gasteiger partial charge < -0.3 is 24.3 Å². The number of aromatic amines is 1. The summed E-state index contributed by atoms with van der Waals surface area (Å²) < 4.78 is 16.2. The molecule has 0 bridgehead atoms. The zero-order valence-corrected chi connectivity index (χ0v) is 21.6. The Morgan fingerprint density at radius 2 is 1.88 bits per heavy atom. The summed E-state index contributed by atoms with van der Waals surface area (Å²) in [5.74, 6) is 0.950. The minimum atomic E-state index is -0.525. The van der Waals surface area contributed by atoms with Crippen LogP contribution in [0.3, 0.4) is 0 Å². The van der Waals surface area contributed by atoms with Gasteiger partial charge in [0.1, 0.15) is 5.60 Å². The first-order chi connectivity index (χ1) is 15.5. The van der Waals surface area contributed by atoms with E-state index in [4.69, 9.17) is 14.2 Å². The van der Waals surface area contributed by atoms with Crippen LogP contribution in [-0.2, 0) is 11.2 Å². The van der Waals surface area contributed by atoms with Gasteiger partial charge in [0.05, 0.1) is 26.4 Å². The van der Waals surface area contributed by atoms with Crippen molar-refractivity contribution in [3.05, 3.63) is 56.9 Å². The van der Waals surface area contributed by atoms with Crippen molar-refractivity contribution in [1.29, 1.82) is 0 Å². The lowest BCUT2D eigenvalue weighted by atomic mass is 9.87. The zero-order valence-electron chi connectivity index (χ0n) is 21.6. The first-order valence-corrected chi connectivity index (χ1v) is 11.6. The van der Waals surface area contributed by atoms with Crippen LogP contribution in [0.2, 0.25) is 0 Å². The number of H-pyrrole nitrogens is 1. The Balaban J connectivity index is 1.98. The van der Waals surface area contributed by atoms with Gasteiger partial charge in [0.25, 0.3) is 0 Å². The summed E-state index contributed by atoms with van der Waals surface area (Å²) in [7, 11) is 2.97.